The van der Waals surface area contributed by atoms with Gasteiger partial charge in [0.15, 0.2) is 0 Å². The van der Waals surface area contributed by atoms with Crippen molar-refractivity contribution < 1.29 is 18.0 Å². The van der Waals surface area contributed by atoms with Crippen molar-refractivity contribution in [2.24, 2.45) is 0 Å². The van der Waals surface area contributed by atoms with Crippen molar-refractivity contribution in [2.45, 2.75) is 25.7 Å². The minimum absolute atomic E-state index is 0.0225. The lowest BCUT2D eigenvalue weighted by molar-refractivity contribution is -0.117. The van der Waals surface area contributed by atoms with Gasteiger partial charge in [0.05, 0.1) is 4.90 Å². The Labute approximate surface area is 185 Å². The number of carbonyl (C=O) groups excluding carboxylic acids is 2. The fraction of sp³-hybridized carbons (Fsp3) is 0.238. The predicted molar refractivity (Wildman–Crippen MR) is 120 cm³/mol. The first kappa shape index (κ1) is 23.8. The molecular formula is C21H24BrN3O4S. The Morgan fingerprint density at radius 2 is 1.77 bits per heavy atom. The smallest absolute Gasteiger partial charge is 0.268 e. The van der Waals surface area contributed by atoms with Gasteiger partial charge in [-0.2, -0.15) is 4.31 Å². The van der Waals surface area contributed by atoms with Gasteiger partial charge in [-0.3, -0.25) is 20.4 Å². The van der Waals surface area contributed by atoms with E-state index in [4.69, 9.17) is 0 Å². The van der Waals surface area contributed by atoms with Gasteiger partial charge in [0.25, 0.3) is 11.8 Å². The number of benzene rings is 2. The second-order valence-corrected chi connectivity index (χ2v) is 9.21. The molecule has 0 atom stereocenters. The highest BCUT2D eigenvalue weighted by molar-refractivity contribution is 9.10. The van der Waals surface area contributed by atoms with Crippen LogP contribution in [0.5, 0.6) is 0 Å². The number of hydrogen-bond acceptors (Lipinski definition) is 4. The van der Waals surface area contributed by atoms with E-state index in [1.165, 1.54) is 34.6 Å². The first-order chi connectivity index (χ1) is 14.2. The highest BCUT2D eigenvalue weighted by atomic mass is 79.9. The molecule has 0 aliphatic rings. The van der Waals surface area contributed by atoms with Crippen LogP contribution in [0.1, 0.15) is 35.3 Å². The number of amides is 2. The lowest BCUT2D eigenvalue weighted by Crippen LogP contribution is -2.40. The molecule has 160 valence electrons. The topological polar surface area (TPSA) is 95.6 Å². The van der Waals surface area contributed by atoms with Gasteiger partial charge in [-0.1, -0.05) is 48.0 Å². The third-order valence-electron chi connectivity index (χ3n) is 4.31. The summed E-state index contributed by atoms with van der Waals surface area (Å²) in [5, 5.41) is 0. The van der Waals surface area contributed by atoms with Crippen molar-refractivity contribution >= 4 is 43.8 Å². The van der Waals surface area contributed by atoms with Crippen LogP contribution in [0.25, 0.3) is 6.08 Å². The van der Waals surface area contributed by atoms with E-state index in [0.29, 0.717) is 13.1 Å². The molecule has 0 aromatic heterocycles. The van der Waals surface area contributed by atoms with E-state index < -0.39 is 21.8 Å². The minimum atomic E-state index is -3.68. The lowest BCUT2D eigenvalue weighted by atomic mass is 10.1. The molecule has 0 fully saturated rings. The number of nitrogens with one attached hydrogen (secondary N) is 2. The number of carbonyl (C=O) groups is 2. The molecule has 0 bridgehead atoms. The van der Waals surface area contributed by atoms with E-state index in [2.05, 4.69) is 26.8 Å². The summed E-state index contributed by atoms with van der Waals surface area (Å²) in [5.41, 5.74) is 6.59. The maximum Gasteiger partial charge on any atom is 0.269 e. The van der Waals surface area contributed by atoms with Gasteiger partial charge in [-0.25, -0.2) is 8.42 Å². The Hall–Kier alpha value is -2.49. The van der Waals surface area contributed by atoms with E-state index in [0.717, 1.165) is 15.6 Å². The first-order valence-corrected chi connectivity index (χ1v) is 11.6. The van der Waals surface area contributed by atoms with Crippen LogP contribution in [0.15, 0.2) is 57.9 Å². The SMILES string of the molecule is CCN(CC)S(=O)(=O)c1cccc(C(=O)NNC(=O)/C=C/c2ccc(C)cc2Br)c1. The van der Waals surface area contributed by atoms with Gasteiger partial charge in [-0.15, -0.1) is 0 Å². The van der Waals surface area contributed by atoms with Gasteiger partial charge in [0.2, 0.25) is 10.0 Å². The Balaban J connectivity index is 2.04. The van der Waals surface area contributed by atoms with E-state index >= 15 is 0 Å². The normalized spacial score (nSPS) is 11.6. The van der Waals surface area contributed by atoms with Gasteiger partial charge in [0.1, 0.15) is 0 Å². The summed E-state index contributed by atoms with van der Waals surface area (Å²) in [6, 6.07) is 11.4. The molecule has 9 heteroatoms. The molecule has 0 spiro atoms. The summed E-state index contributed by atoms with van der Waals surface area (Å²) in [6.45, 7) is 6.11. The molecule has 30 heavy (non-hydrogen) atoms. The Kier molecular flexibility index (Phi) is 8.33. The standard InChI is InChI=1S/C21H24BrN3O4S/c1-4-25(5-2)30(28,29)18-8-6-7-17(14-18)21(27)24-23-20(26)12-11-16-10-9-15(3)13-19(16)22/h6-14H,4-5H2,1-3H3,(H,23,26)(H,24,27)/b12-11+. The molecule has 0 saturated heterocycles. The molecule has 2 amide bonds. The van der Waals surface area contributed by atoms with Crippen LogP contribution in [-0.4, -0.2) is 37.6 Å². The van der Waals surface area contributed by atoms with Gasteiger partial charge in [-0.05, 0) is 48.4 Å². The van der Waals surface area contributed by atoms with E-state index in [1.54, 1.807) is 19.9 Å². The van der Waals surface area contributed by atoms with Crippen LogP contribution in [0, 0.1) is 6.92 Å². The molecule has 7 nitrogen and oxygen atoms in total. The fourth-order valence-corrected chi connectivity index (χ4v) is 4.81. The van der Waals surface area contributed by atoms with Crippen LogP contribution >= 0.6 is 15.9 Å². The summed E-state index contributed by atoms with van der Waals surface area (Å²) in [7, 11) is -3.68. The zero-order chi connectivity index (χ0) is 22.3. The van der Waals surface area contributed by atoms with Crippen LogP contribution in [0.2, 0.25) is 0 Å². The number of aryl methyl sites for hydroxylation is 1. The van der Waals surface area contributed by atoms with Crippen molar-refractivity contribution in [1.29, 1.82) is 0 Å². The average Bonchev–Trinajstić information content (AvgIpc) is 2.72. The maximum atomic E-state index is 12.6. The second-order valence-electron chi connectivity index (χ2n) is 6.42. The Morgan fingerprint density at radius 1 is 1.07 bits per heavy atom. The summed E-state index contributed by atoms with van der Waals surface area (Å²) in [6.07, 6.45) is 2.90. The lowest BCUT2D eigenvalue weighted by Gasteiger charge is -2.18. The molecule has 2 N–H and O–H groups in total. The molecule has 2 aromatic rings. The molecule has 0 unspecified atom stereocenters. The van der Waals surface area contributed by atoms with E-state index in [9.17, 15) is 18.0 Å². The molecule has 0 aliphatic heterocycles. The molecule has 2 rings (SSSR count). The Bertz CT molecular complexity index is 1060. The summed E-state index contributed by atoms with van der Waals surface area (Å²) >= 11 is 3.43. The monoisotopic (exact) mass is 493 g/mol. The summed E-state index contributed by atoms with van der Waals surface area (Å²) in [5.74, 6) is -1.15. The predicted octanol–water partition coefficient (Wildman–Crippen LogP) is 3.26. The number of hydrazine groups is 1. The zero-order valence-corrected chi connectivity index (χ0v) is 19.4. The molecule has 0 radical (unpaired) electrons. The van der Waals surface area contributed by atoms with Gasteiger partial charge >= 0.3 is 0 Å². The van der Waals surface area contributed by atoms with Crippen LogP contribution in [0.4, 0.5) is 0 Å². The van der Waals surface area contributed by atoms with Crippen LogP contribution in [-0.2, 0) is 14.8 Å². The highest BCUT2D eigenvalue weighted by Crippen LogP contribution is 2.19. The molecule has 2 aromatic carbocycles. The van der Waals surface area contributed by atoms with Crippen molar-refractivity contribution in [3.63, 3.8) is 0 Å². The summed E-state index contributed by atoms with van der Waals surface area (Å²) in [4.78, 5) is 24.4. The maximum absolute atomic E-state index is 12.6. The highest BCUT2D eigenvalue weighted by Gasteiger charge is 2.22. The van der Waals surface area contributed by atoms with Crippen LogP contribution < -0.4 is 10.9 Å². The third-order valence-corrected chi connectivity index (χ3v) is 7.04. The van der Waals surface area contributed by atoms with Crippen molar-refractivity contribution in [3.8, 4) is 0 Å². The average molecular weight is 494 g/mol. The number of sulfonamides is 1. The molecular weight excluding hydrogens is 470 g/mol. The number of hydrogen-bond donors (Lipinski definition) is 2. The second kappa shape index (κ2) is 10.5. The third kappa shape index (κ3) is 6.01. The molecule has 0 saturated carbocycles. The van der Waals surface area contributed by atoms with E-state index in [-0.39, 0.29) is 10.5 Å². The quantitative estimate of drug-likeness (QED) is 0.456. The Morgan fingerprint density at radius 3 is 2.40 bits per heavy atom. The molecule has 0 heterocycles. The minimum Gasteiger partial charge on any atom is -0.268 e. The largest absolute Gasteiger partial charge is 0.269 e. The van der Waals surface area contributed by atoms with Gasteiger partial charge < -0.3 is 0 Å². The molecule has 0 aliphatic carbocycles. The van der Waals surface area contributed by atoms with Crippen molar-refractivity contribution in [1.82, 2.24) is 15.2 Å². The van der Waals surface area contributed by atoms with Crippen molar-refractivity contribution in [3.05, 3.63) is 69.7 Å². The first-order valence-electron chi connectivity index (χ1n) is 9.33. The van der Waals surface area contributed by atoms with E-state index in [1.807, 2.05) is 25.1 Å². The summed E-state index contributed by atoms with van der Waals surface area (Å²) < 4.78 is 27.4. The van der Waals surface area contributed by atoms with Gasteiger partial charge in [0, 0.05) is 29.2 Å². The number of rotatable bonds is 7. The number of nitrogens with zero attached hydrogens (tertiary/aromatic N) is 1. The van der Waals surface area contributed by atoms with Crippen molar-refractivity contribution in [2.75, 3.05) is 13.1 Å². The number of halogens is 1. The van der Waals surface area contributed by atoms with Crippen LogP contribution in [0.3, 0.4) is 0 Å². The fourth-order valence-electron chi connectivity index (χ4n) is 2.68. The zero-order valence-electron chi connectivity index (χ0n) is 17.0.